The van der Waals surface area contributed by atoms with Crippen molar-refractivity contribution >= 4 is 39.8 Å². The van der Waals surface area contributed by atoms with Crippen LogP contribution in [0, 0.1) is 0 Å². The normalized spacial score (nSPS) is 11.0. The van der Waals surface area contributed by atoms with Gasteiger partial charge in [0.15, 0.2) is 0 Å². The fourth-order valence-electron chi connectivity index (χ4n) is 3.17. The average Bonchev–Trinajstić information content (AvgIpc) is 3.04. The van der Waals surface area contributed by atoms with Crippen molar-refractivity contribution in [2.75, 3.05) is 5.32 Å². The molecule has 4 aromatic rings. The second kappa shape index (κ2) is 7.11. The van der Waals surface area contributed by atoms with Gasteiger partial charge < -0.3 is 9.67 Å². The molecule has 0 spiro atoms. The molecule has 0 fully saturated rings. The van der Waals surface area contributed by atoms with E-state index in [0.717, 1.165) is 24.0 Å². The third kappa shape index (κ3) is 3.18. The lowest BCUT2D eigenvalue weighted by Crippen LogP contribution is -2.17. The first kappa shape index (κ1) is 17.7. The Morgan fingerprint density at radius 3 is 2.64 bits per heavy atom. The van der Waals surface area contributed by atoms with Crippen LogP contribution >= 0.6 is 0 Å². The smallest absolute Gasteiger partial charge is 0.335 e. The van der Waals surface area contributed by atoms with E-state index in [1.807, 2.05) is 28.8 Å². The number of hydrogen-bond acceptors (Lipinski definition) is 4. The number of nitrogens with zero attached hydrogens (tertiary/aromatic N) is 3. The second-order valence-electron chi connectivity index (χ2n) is 6.44. The number of amides is 1. The Morgan fingerprint density at radius 1 is 1.04 bits per heavy atom. The quantitative estimate of drug-likeness (QED) is 0.551. The van der Waals surface area contributed by atoms with E-state index in [1.54, 1.807) is 18.2 Å². The number of carbonyl (C=O) groups is 2. The van der Waals surface area contributed by atoms with Crippen LogP contribution in [0.5, 0.6) is 0 Å². The number of carboxylic acids is 1. The van der Waals surface area contributed by atoms with Gasteiger partial charge in [-0.15, -0.1) is 0 Å². The van der Waals surface area contributed by atoms with E-state index in [4.69, 9.17) is 5.11 Å². The van der Waals surface area contributed by atoms with E-state index in [2.05, 4.69) is 22.2 Å². The van der Waals surface area contributed by atoms with Crippen molar-refractivity contribution in [2.24, 2.45) is 0 Å². The van der Waals surface area contributed by atoms with Crippen molar-refractivity contribution in [3.05, 3.63) is 65.9 Å². The summed E-state index contributed by atoms with van der Waals surface area (Å²) in [5.41, 5.74) is 2.76. The zero-order chi connectivity index (χ0) is 19.7. The number of nitrogens with one attached hydrogen (secondary N) is 1. The number of carbonyl (C=O) groups excluding carboxylic acids is 1. The number of aromatic carboxylic acids is 1. The first-order valence-corrected chi connectivity index (χ1v) is 8.97. The predicted molar refractivity (Wildman–Crippen MR) is 107 cm³/mol. The van der Waals surface area contributed by atoms with E-state index in [9.17, 15) is 9.59 Å². The van der Waals surface area contributed by atoms with Gasteiger partial charge in [-0.25, -0.2) is 14.8 Å². The zero-order valence-electron chi connectivity index (χ0n) is 15.2. The van der Waals surface area contributed by atoms with Crippen molar-refractivity contribution in [3.63, 3.8) is 0 Å². The van der Waals surface area contributed by atoms with E-state index in [0.29, 0.717) is 16.9 Å². The van der Waals surface area contributed by atoms with Gasteiger partial charge in [0.05, 0.1) is 22.1 Å². The fourth-order valence-corrected chi connectivity index (χ4v) is 3.17. The minimum atomic E-state index is -1.00. The molecule has 2 aromatic carbocycles. The number of rotatable bonds is 5. The second-order valence-corrected chi connectivity index (χ2v) is 6.44. The highest BCUT2D eigenvalue weighted by atomic mass is 16.4. The van der Waals surface area contributed by atoms with E-state index >= 15 is 0 Å². The van der Waals surface area contributed by atoms with Gasteiger partial charge in [0.1, 0.15) is 5.69 Å². The van der Waals surface area contributed by atoms with Crippen molar-refractivity contribution < 1.29 is 14.7 Å². The summed E-state index contributed by atoms with van der Waals surface area (Å²) in [6, 6.07) is 15.6. The number of aromatic nitrogens is 3. The highest BCUT2D eigenvalue weighted by Crippen LogP contribution is 2.21. The molecule has 0 aliphatic rings. The monoisotopic (exact) mass is 374 g/mol. The van der Waals surface area contributed by atoms with E-state index in [1.165, 1.54) is 12.1 Å². The van der Waals surface area contributed by atoms with Crippen molar-refractivity contribution in [1.29, 1.82) is 0 Å². The number of hydrogen-bond donors (Lipinski definition) is 2. The molecule has 0 aliphatic heterocycles. The molecule has 140 valence electrons. The molecule has 28 heavy (non-hydrogen) atoms. The minimum Gasteiger partial charge on any atom is -0.478 e. The zero-order valence-corrected chi connectivity index (χ0v) is 15.2. The van der Waals surface area contributed by atoms with Crippen LogP contribution in [-0.2, 0) is 6.54 Å². The molecule has 0 atom stereocenters. The number of imidazole rings is 1. The topological polar surface area (TPSA) is 97.1 Å². The first-order chi connectivity index (χ1) is 13.6. The van der Waals surface area contributed by atoms with Crippen molar-refractivity contribution in [1.82, 2.24) is 14.5 Å². The average molecular weight is 374 g/mol. The summed E-state index contributed by atoms with van der Waals surface area (Å²) in [4.78, 5) is 32.7. The standard InChI is InChI=1S/C21H18N4O3/c1-2-11-25-18-6-4-3-5-16(18)23-21(25)24-19(26)17-10-7-13-12-14(20(27)28)8-9-15(13)22-17/h3-10,12H,2,11H2,1H3,(H,27,28)(H,23,24,26). The van der Waals surface area contributed by atoms with Gasteiger partial charge in [0, 0.05) is 11.9 Å². The van der Waals surface area contributed by atoms with Gasteiger partial charge in [-0.1, -0.05) is 25.1 Å². The summed E-state index contributed by atoms with van der Waals surface area (Å²) >= 11 is 0. The van der Waals surface area contributed by atoms with Gasteiger partial charge in [-0.3, -0.25) is 10.1 Å². The lowest BCUT2D eigenvalue weighted by molar-refractivity contribution is 0.0697. The van der Waals surface area contributed by atoms with Crippen LogP contribution in [-0.4, -0.2) is 31.5 Å². The molecule has 7 nitrogen and oxygen atoms in total. The third-order valence-corrected chi connectivity index (χ3v) is 4.50. The number of benzene rings is 2. The Bertz CT molecular complexity index is 1210. The summed E-state index contributed by atoms with van der Waals surface area (Å²) < 4.78 is 1.98. The van der Waals surface area contributed by atoms with Gasteiger partial charge in [0.2, 0.25) is 5.95 Å². The molecule has 0 saturated heterocycles. The van der Waals surface area contributed by atoms with Gasteiger partial charge >= 0.3 is 5.97 Å². The van der Waals surface area contributed by atoms with Gasteiger partial charge in [-0.05, 0) is 42.8 Å². The maximum absolute atomic E-state index is 12.7. The Labute approximate surface area is 160 Å². The fraction of sp³-hybridized carbons (Fsp3) is 0.143. The lowest BCUT2D eigenvalue weighted by Gasteiger charge is -2.09. The Balaban J connectivity index is 1.67. The molecule has 0 aliphatic carbocycles. The Kier molecular flexibility index (Phi) is 4.49. The molecular weight excluding hydrogens is 356 g/mol. The van der Waals surface area contributed by atoms with Crippen LogP contribution in [0.3, 0.4) is 0 Å². The molecule has 1 amide bonds. The summed E-state index contributed by atoms with van der Waals surface area (Å²) in [6.07, 6.45) is 0.906. The summed E-state index contributed by atoms with van der Waals surface area (Å²) in [7, 11) is 0. The highest BCUT2D eigenvalue weighted by Gasteiger charge is 2.15. The van der Waals surface area contributed by atoms with Crippen molar-refractivity contribution in [2.45, 2.75) is 19.9 Å². The Morgan fingerprint density at radius 2 is 1.86 bits per heavy atom. The van der Waals surface area contributed by atoms with Crippen molar-refractivity contribution in [3.8, 4) is 0 Å². The SMILES string of the molecule is CCCn1c(NC(=O)c2ccc3cc(C(=O)O)ccc3n2)nc2ccccc21. The van der Waals surface area contributed by atoms with E-state index < -0.39 is 5.97 Å². The minimum absolute atomic E-state index is 0.180. The van der Waals surface area contributed by atoms with Gasteiger partial charge in [0.25, 0.3) is 5.91 Å². The lowest BCUT2D eigenvalue weighted by atomic mass is 10.1. The third-order valence-electron chi connectivity index (χ3n) is 4.50. The number of carboxylic acid groups (broad SMARTS) is 1. The molecule has 0 saturated carbocycles. The number of fused-ring (bicyclic) bond motifs is 2. The summed E-state index contributed by atoms with van der Waals surface area (Å²) in [5, 5.41) is 12.6. The molecule has 0 unspecified atom stereocenters. The maximum Gasteiger partial charge on any atom is 0.335 e. The van der Waals surface area contributed by atoms with Crippen LogP contribution < -0.4 is 5.32 Å². The van der Waals surface area contributed by atoms with Crippen LogP contribution in [0.25, 0.3) is 21.9 Å². The summed E-state index contributed by atoms with van der Waals surface area (Å²) in [6.45, 7) is 2.80. The molecular formula is C21H18N4O3. The van der Waals surface area contributed by atoms with Crippen LogP contribution in [0.1, 0.15) is 34.2 Å². The first-order valence-electron chi connectivity index (χ1n) is 8.97. The number of aryl methyl sites for hydroxylation is 1. The Hall–Kier alpha value is -3.74. The maximum atomic E-state index is 12.7. The van der Waals surface area contributed by atoms with Crippen LogP contribution in [0.4, 0.5) is 5.95 Å². The highest BCUT2D eigenvalue weighted by molar-refractivity contribution is 6.04. The molecule has 2 N–H and O–H groups in total. The summed E-state index contributed by atoms with van der Waals surface area (Å²) in [5.74, 6) is -0.883. The predicted octanol–water partition coefficient (Wildman–Crippen LogP) is 3.95. The molecule has 4 rings (SSSR count). The molecule has 0 radical (unpaired) electrons. The van der Waals surface area contributed by atoms with E-state index in [-0.39, 0.29) is 17.2 Å². The molecule has 2 aromatic heterocycles. The van der Waals surface area contributed by atoms with Crippen LogP contribution in [0.2, 0.25) is 0 Å². The van der Waals surface area contributed by atoms with Crippen LogP contribution in [0.15, 0.2) is 54.6 Å². The molecule has 2 heterocycles. The number of pyridine rings is 1. The largest absolute Gasteiger partial charge is 0.478 e. The number of anilines is 1. The molecule has 7 heteroatoms. The van der Waals surface area contributed by atoms with Gasteiger partial charge in [-0.2, -0.15) is 0 Å². The number of para-hydroxylation sites is 2. The molecule has 0 bridgehead atoms.